The van der Waals surface area contributed by atoms with Crippen molar-refractivity contribution in [2.75, 3.05) is 6.54 Å². The van der Waals surface area contributed by atoms with Crippen LogP contribution in [0.5, 0.6) is 0 Å². The molecule has 0 spiro atoms. The molecule has 2 atom stereocenters. The van der Waals surface area contributed by atoms with Gasteiger partial charge in [-0.3, -0.25) is 9.59 Å². The highest BCUT2D eigenvalue weighted by Gasteiger charge is 2.14. The second-order valence-electron chi connectivity index (χ2n) is 4.20. The third kappa shape index (κ3) is 7.23. The normalized spacial score (nSPS) is 14.2. The Bertz CT molecular complexity index is 231. The Labute approximate surface area is 96.4 Å². The van der Waals surface area contributed by atoms with Gasteiger partial charge in [-0.15, -0.1) is 0 Å². The first-order valence-corrected chi connectivity index (χ1v) is 5.72. The van der Waals surface area contributed by atoms with Gasteiger partial charge in [-0.25, -0.2) is 0 Å². The maximum Gasteiger partial charge on any atom is 0.303 e. The van der Waals surface area contributed by atoms with Crippen LogP contribution in [-0.4, -0.2) is 29.6 Å². The fourth-order valence-corrected chi connectivity index (χ4v) is 1.33. The molecule has 0 bridgehead atoms. The van der Waals surface area contributed by atoms with E-state index in [-0.39, 0.29) is 18.2 Å². The molecule has 0 rings (SSSR count). The maximum atomic E-state index is 11.5. The Morgan fingerprint density at radius 2 is 2.06 bits per heavy atom. The van der Waals surface area contributed by atoms with E-state index in [0.29, 0.717) is 13.0 Å². The minimum atomic E-state index is -0.850. The zero-order chi connectivity index (χ0) is 12.6. The van der Waals surface area contributed by atoms with Gasteiger partial charge in [0.1, 0.15) is 0 Å². The van der Waals surface area contributed by atoms with E-state index in [1.54, 1.807) is 6.92 Å². The number of rotatable bonds is 8. The number of aliphatic carboxylic acids is 1. The molecule has 0 saturated heterocycles. The highest BCUT2D eigenvalue weighted by Crippen LogP contribution is 2.01. The molecule has 0 aliphatic heterocycles. The quantitative estimate of drug-likeness (QED) is 0.573. The number of carbonyl (C=O) groups is 2. The van der Waals surface area contributed by atoms with Crippen LogP contribution in [0.4, 0.5) is 0 Å². The number of unbranched alkanes of at least 4 members (excludes halogenated alkanes) is 1. The van der Waals surface area contributed by atoms with E-state index >= 15 is 0 Å². The Morgan fingerprint density at radius 3 is 2.56 bits per heavy atom. The predicted molar refractivity (Wildman–Crippen MR) is 61.9 cm³/mol. The van der Waals surface area contributed by atoms with Gasteiger partial charge < -0.3 is 16.2 Å². The zero-order valence-electron chi connectivity index (χ0n) is 10.0. The van der Waals surface area contributed by atoms with Crippen molar-refractivity contribution in [2.45, 2.75) is 45.6 Å². The molecule has 1 amide bonds. The first kappa shape index (κ1) is 14.9. The van der Waals surface area contributed by atoms with Crippen molar-refractivity contribution in [1.29, 1.82) is 0 Å². The lowest BCUT2D eigenvalue weighted by molar-refractivity contribution is -0.138. The summed E-state index contributed by atoms with van der Waals surface area (Å²) >= 11 is 0. The lowest BCUT2D eigenvalue weighted by Crippen LogP contribution is -2.42. The Hall–Kier alpha value is -1.10. The molecule has 0 fully saturated rings. The zero-order valence-corrected chi connectivity index (χ0v) is 10.0. The minimum Gasteiger partial charge on any atom is -0.481 e. The van der Waals surface area contributed by atoms with Crippen LogP contribution in [-0.2, 0) is 9.59 Å². The van der Waals surface area contributed by atoms with Gasteiger partial charge in [-0.2, -0.15) is 0 Å². The average Bonchev–Trinajstić information content (AvgIpc) is 2.21. The van der Waals surface area contributed by atoms with Crippen molar-refractivity contribution in [2.24, 2.45) is 11.7 Å². The predicted octanol–water partition coefficient (Wildman–Crippen LogP) is 0.731. The lowest BCUT2D eigenvalue weighted by Gasteiger charge is -2.14. The van der Waals surface area contributed by atoms with Gasteiger partial charge in [0, 0.05) is 13.0 Å². The summed E-state index contributed by atoms with van der Waals surface area (Å²) in [6.45, 7) is 4.19. The van der Waals surface area contributed by atoms with Crippen molar-refractivity contribution >= 4 is 11.9 Å². The van der Waals surface area contributed by atoms with Gasteiger partial charge in [0.2, 0.25) is 5.91 Å². The lowest BCUT2D eigenvalue weighted by atomic mass is 10.1. The molecule has 0 aromatic heterocycles. The van der Waals surface area contributed by atoms with Crippen LogP contribution < -0.4 is 11.1 Å². The van der Waals surface area contributed by atoms with Crippen LogP contribution in [0.3, 0.4) is 0 Å². The van der Waals surface area contributed by atoms with Gasteiger partial charge in [0.05, 0.1) is 6.04 Å². The van der Waals surface area contributed by atoms with Crippen molar-refractivity contribution in [1.82, 2.24) is 5.32 Å². The molecule has 0 aliphatic rings. The van der Waals surface area contributed by atoms with Crippen molar-refractivity contribution < 1.29 is 14.7 Å². The Kier molecular flexibility index (Phi) is 7.54. The molecular formula is C11H22N2O3. The fourth-order valence-electron chi connectivity index (χ4n) is 1.33. The molecule has 0 saturated carbocycles. The van der Waals surface area contributed by atoms with Crippen LogP contribution in [0, 0.1) is 5.92 Å². The number of carboxylic acids is 1. The van der Waals surface area contributed by atoms with Gasteiger partial charge >= 0.3 is 5.97 Å². The van der Waals surface area contributed by atoms with Crippen LogP contribution in [0.25, 0.3) is 0 Å². The fraction of sp³-hybridized carbons (Fsp3) is 0.818. The van der Waals surface area contributed by atoms with E-state index in [9.17, 15) is 9.59 Å². The van der Waals surface area contributed by atoms with E-state index < -0.39 is 12.0 Å². The van der Waals surface area contributed by atoms with Crippen LogP contribution in [0.1, 0.15) is 39.5 Å². The Balaban J connectivity index is 3.74. The van der Waals surface area contributed by atoms with E-state index in [4.69, 9.17) is 10.8 Å². The highest BCUT2D eigenvalue weighted by atomic mass is 16.4. The molecule has 0 aromatic carbocycles. The van der Waals surface area contributed by atoms with Crippen LogP contribution in [0.2, 0.25) is 0 Å². The number of nitrogens with one attached hydrogen (secondary N) is 1. The van der Waals surface area contributed by atoms with E-state index in [2.05, 4.69) is 5.32 Å². The SMILES string of the molecule is CCCC[C@H](N)C(=O)NCC(C)CC(=O)O. The first-order chi connectivity index (χ1) is 7.47. The third-order valence-corrected chi connectivity index (χ3v) is 2.35. The molecule has 16 heavy (non-hydrogen) atoms. The standard InChI is InChI=1S/C11H22N2O3/c1-3-4-5-9(12)11(16)13-7-8(2)6-10(14)15/h8-9H,3-7,12H2,1-2H3,(H,13,16)(H,14,15)/t8?,9-/m0/s1. The summed E-state index contributed by atoms with van der Waals surface area (Å²) in [5.41, 5.74) is 5.66. The van der Waals surface area contributed by atoms with Crippen molar-refractivity contribution in [3.8, 4) is 0 Å². The largest absolute Gasteiger partial charge is 0.481 e. The topological polar surface area (TPSA) is 92.4 Å². The number of carboxylic acid groups (broad SMARTS) is 1. The molecule has 4 N–H and O–H groups in total. The van der Waals surface area contributed by atoms with Gasteiger partial charge in [-0.05, 0) is 12.3 Å². The summed E-state index contributed by atoms with van der Waals surface area (Å²) in [4.78, 5) is 21.8. The van der Waals surface area contributed by atoms with Crippen molar-refractivity contribution in [3.63, 3.8) is 0 Å². The average molecular weight is 230 g/mol. The van der Waals surface area contributed by atoms with Gasteiger partial charge in [0.25, 0.3) is 0 Å². The minimum absolute atomic E-state index is 0.0600. The second kappa shape index (κ2) is 8.10. The van der Waals surface area contributed by atoms with E-state index in [0.717, 1.165) is 12.8 Å². The van der Waals surface area contributed by atoms with Crippen LogP contribution >= 0.6 is 0 Å². The Morgan fingerprint density at radius 1 is 1.44 bits per heavy atom. The summed E-state index contributed by atoms with van der Waals surface area (Å²) in [5, 5.41) is 11.2. The summed E-state index contributed by atoms with van der Waals surface area (Å²) < 4.78 is 0. The molecule has 0 aromatic rings. The third-order valence-electron chi connectivity index (χ3n) is 2.35. The smallest absolute Gasteiger partial charge is 0.303 e. The second-order valence-corrected chi connectivity index (χ2v) is 4.20. The molecule has 5 heteroatoms. The summed E-state index contributed by atoms with van der Waals surface area (Å²) in [7, 11) is 0. The summed E-state index contributed by atoms with van der Waals surface area (Å²) in [5.74, 6) is -1.11. The number of hydrogen-bond donors (Lipinski definition) is 3. The highest BCUT2D eigenvalue weighted by molar-refractivity contribution is 5.81. The molecular weight excluding hydrogens is 208 g/mol. The molecule has 94 valence electrons. The molecule has 5 nitrogen and oxygen atoms in total. The number of amides is 1. The van der Waals surface area contributed by atoms with Crippen LogP contribution in [0.15, 0.2) is 0 Å². The first-order valence-electron chi connectivity index (χ1n) is 5.72. The molecule has 0 heterocycles. The number of carbonyl (C=O) groups excluding carboxylic acids is 1. The number of nitrogens with two attached hydrogens (primary N) is 1. The van der Waals surface area contributed by atoms with E-state index in [1.807, 2.05) is 6.92 Å². The summed E-state index contributed by atoms with van der Waals surface area (Å²) in [6, 6.07) is -0.475. The van der Waals surface area contributed by atoms with Gasteiger partial charge in [0.15, 0.2) is 0 Å². The molecule has 0 aliphatic carbocycles. The van der Waals surface area contributed by atoms with E-state index in [1.165, 1.54) is 0 Å². The monoisotopic (exact) mass is 230 g/mol. The maximum absolute atomic E-state index is 11.5. The van der Waals surface area contributed by atoms with Crippen molar-refractivity contribution in [3.05, 3.63) is 0 Å². The molecule has 1 unspecified atom stereocenters. The van der Waals surface area contributed by atoms with Gasteiger partial charge in [-0.1, -0.05) is 26.7 Å². The molecule has 0 radical (unpaired) electrons. The summed E-state index contributed by atoms with van der Waals surface area (Å²) in [6.07, 6.45) is 2.68. The number of hydrogen-bond acceptors (Lipinski definition) is 3.